The van der Waals surface area contributed by atoms with Crippen LogP contribution in [0.25, 0.3) is 0 Å². The summed E-state index contributed by atoms with van der Waals surface area (Å²) in [6, 6.07) is 4.23. The molecule has 2 aliphatic rings. The van der Waals surface area contributed by atoms with Crippen molar-refractivity contribution < 1.29 is 18.1 Å². The number of rotatable bonds is 8. The van der Waals surface area contributed by atoms with Gasteiger partial charge in [-0.25, -0.2) is 13.1 Å². The highest BCUT2D eigenvalue weighted by atomic mass is 32.2. The summed E-state index contributed by atoms with van der Waals surface area (Å²) in [5.74, 6) is 0. The van der Waals surface area contributed by atoms with Crippen LogP contribution in [-0.2, 0) is 14.8 Å². The molecule has 10 heteroatoms. The predicted octanol–water partition coefficient (Wildman–Crippen LogP) is 1.98. The number of sulfonamides is 1. The van der Waals surface area contributed by atoms with E-state index in [1.165, 1.54) is 12.1 Å². The standard InChI is InChI=1S/C19H30N4O5S/c24-23(25)19-16-17(6-7-18(19)22-10-3-1-2-4-11-22)29(26,27)20-8-5-9-21-12-14-28-15-13-21/h6-7,16,20H,1-5,8-15H2. The maximum atomic E-state index is 12.6. The van der Waals surface area contributed by atoms with Gasteiger partial charge in [-0.3, -0.25) is 15.0 Å². The fourth-order valence-electron chi connectivity index (χ4n) is 3.81. The van der Waals surface area contributed by atoms with Crippen molar-refractivity contribution in [2.45, 2.75) is 37.0 Å². The first-order valence-electron chi connectivity index (χ1n) is 10.3. The van der Waals surface area contributed by atoms with E-state index in [-0.39, 0.29) is 10.6 Å². The fourth-order valence-corrected chi connectivity index (χ4v) is 4.91. The summed E-state index contributed by atoms with van der Waals surface area (Å²) in [5.41, 5.74) is 0.353. The van der Waals surface area contributed by atoms with Gasteiger partial charge in [0.25, 0.3) is 5.69 Å². The number of ether oxygens (including phenoxy) is 1. The van der Waals surface area contributed by atoms with Gasteiger partial charge in [0.05, 0.1) is 23.0 Å². The molecule has 29 heavy (non-hydrogen) atoms. The molecule has 1 aromatic carbocycles. The molecule has 0 amide bonds. The predicted molar refractivity (Wildman–Crippen MR) is 111 cm³/mol. The topological polar surface area (TPSA) is 105 Å². The molecule has 0 aliphatic carbocycles. The zero-order valence-corrected chi connectivity index (χ0v) is 17.5. The van der Waals surface area contributed by atoms with Crippen LogP contribution in [0.1, 0.15) is 32.1 Å². The van der Waals surface area contributed by atoms with Crippen LogP contribution >= 0.6 is 0 Å². The smallest absolute Gasteiger partial charge is 0.293 e. The molecule has 2 fully saturated rings. The molecule has 2 heterocycles. The first-order valence-corrected chi connectivity index (χ1v) is 11.8. The molecule has 0 atom stereocenters. The maximum absolute atomic E-state index is 12.6. The van der Waals surface area contributed by atoms with Gasteiger partial charge in [-0.05, 0) is 37.9 Å². The summed E-state index contributed by atoms with van der Waals surface area (Å²) in [6.45, 7) is 5.73. The van der Waals surface area contributed by atoms with Crippen LogP contribution in [0.15, 0.2) is 23.1 Å². The molecule has 2 aliphatic heterocycles. The molecule has 0 radical (unpaired) electrons. The zero-order valence-electron chi connectivity index (χ0n) is 16.7. The number of morpholine rings is 1. The van der Waals surface area contributed by atoms with Crippen molar-refractivity contribution in [3.63, 3.8) is 0 Å². The normalized spacial score (nSPS) is 19.1. The van der Waals surface area contributed by atoms with Crippen LogP contribution in [0.3, 0.4) is 0 Å². The van der Waals surface area contributed by atoms with Gasteiger partial charge in [0.2, 0.25) is 10.0 Å². The Morgan fingerprint density at radius 2 is 1.76 bits per heavy atom. The minimum absolute atomic E-state index is 0.0610. The Kier molecular flexibility index (Phi) is 7.82. The molecule has 1 N–H and O–H groups in total. The highest BCUT2D eigenvalue weighted by Crippen LogP contribution is 2.32. The van der Waals surface area contributed by atoms with Gasteiger partial charge >= 0.3 is 0 Å². The number of hydrogen-bond acceptors (Lipinski definition) is 7. The average molecular weight is 427 g/mol. The highest BCUT2D eigenvalue weighted by Gasteiger charge is 2.24. The van der Waals surface area contributed by atoms with Crippen LogP contribution in [0.2, 0.25) is 0 Å². The van der Waals surface area contributed by atoms with Gasteiger partial charge in [-0.1, -0.05) is 12.8 Å². The second-order valence-electron chi connectivity index (χ2n) is 7.51. The third-order valence-corrected chi connectivity index (χ3v) is 6.91. The van der Waals surface area contributed by atoms with Crippen molar-refractivity contribution in [3.05, 3.63) is 28.3 Å². The molecule has 0 saturated carbocycles. The third-order valence-electron chi connectivity index (χ3n) is 5.45. The van der Waals surface area contributed by atoms with Gasteiger partial charge in [0.15, 0.2) is 0 Å². The highest BCUT2D eigenvalue weighted by molar-refractivity contribution is 7.89. The van der Waals surface area contributed by atoms with E-state index in [1.807, 2.05) is 4.90 Å². The molecule has 3 rings (SSSR count). The van der Waals surface area contributed by atoms with Gasteiger partial charge < -0.3 is 9.64 Å². The third kappa shape index (κ3) is 6.11. The molecule has 0 unspecified atom stereocenters. The first kappa shape index (κ1) is 21.9. The average Bonchev–Trinajstić information content (AvgIpc) is 3.01. The summed E-state index contributed by atoms with van der Waals surface area (Å²) in [5, 5.41) is 11.6. The zero-order chi connectivity index (χ0) is 20.7. The molecule has 0 spiro atoms. The Morgan fingerprint density at radius 3 is 2.41 bits per heavy atom. The second kappa shape index (κ2) is 10.3. The Labute approximate surface area is 172 Å². The number of nitro groups is 1. The number of hydrogen-bond donors (Lipinski definition) is 1. The van der Waals surface area contributed by atoms with Crippen molar-refractivity contribution in [1.29, 1.82) is 0 Å². The molecular weight excluding hydrogens is 396 g/mol. The summed E-state index contributed by atoms with van der Waals surface area (Å²) in [4.78, 5) is 15.3. The second-order valence-corrected chi connectivity index (χ2v) is 9.28. The van der Waals surface area contributed by atoms with Crippen LogP contribution in [0.5, 0.6) is 0 Å². The van der Waals surface area contributed by atoms with E-state index in [0.717, 1.165) is 58.4 Å². The van der Waals surface area contributed by atoms with E-state index >= 15 is 0 Å². The molecule has 2 saturated heterocycles. The quantitative estimate of drug-likeness (QED) is 0.385. The lowest BCUT2D eigenvalue weighted by molar-refractivity contribution is -0.384. The van der Waals surface area contributed by atoms with Crippen molar-refractivity contribution in [3.8, 4) is 0 Å². The van der Waals surface area contributed by atoms with Crippen LogP contribution in [0, 0.1) is 10.1 Å². The Morgan fingerprint density at radius 1 is 1.07 bits per heavy atom. The van der Waals surface area contributed by atoms with E-state index in [0.29, 0.717) is 31.9 Å². The van der Waals surface area contributed by atoms with E-state index in [4.69, 9.17) is 4.74 Å². The Bertz CT molecular complexity index is 788. The van der Waals surface area contributed by atoms with Crippen molar-refractivity contribution in [2.75, 3.05) is 57.4 Å². The summed E-state index contributed by atoms with van der Waals surface area (Å²) >= 11 is 0. The van der Waals surface area contributed by atoms with Gasteiger partial charge in [-0.2, -0.15) is 0 Å². The minimum Gasteiger partial charge on any atom is -0.379 e. The lowest BCUT2D eigenvalue weighted by Crippen LogP contribution is -2.38. The van der Waals surface area contributed by atoms with Crippen LogP contribution in [0.4, 0.5) is 11.4 Å². The van der Waals surface area contributed by atoms with Crippen molar-refractivity contribution >= 4 is 21.4 Å². The van der Waals surface area contributed by atoms with Crippen molar-refractivity contribution in [1.82, 2.24) is 9.62 Å². The Hall–Kier alpha value is -1.75. The van der Waals surface area contributed by atoms with E-state index in [9.17, 15) is 18.5 Å². The Balaban J connectivity index is 1.65. The number of nitro benzene ring substituents is 1. The largest absolute Gasteiger partial charge is 0.379 e. The first-order chi connectivity index (χ1) is 14.0. The number of benzene rings is 1. The molecule has 1 aromatic rings. The minimum atomic E-state index is -3.79. The van der Waals surface area contributed by atoms with Crippen LogP contribution < -0.4 is 9.62 Å². The van der Waals surface area contributed by atoms with Gasteiger partial charge in [-0.15, -0.1) is 0 Å². The number of anilines is 1. The molecule has 9 nitrogen and oxygen atoms in total. The van der Waals surface area contributed by atoms with E-state index in [2.05, 4.69) is 9.62 Å². The summed E-state index contributed by atoms with van der Waals surface area (Å²) < 4.78 is 33.1. The number of nitrogens with one attached hydrogen (secondary N) is 1. The summed E-state index contributed by atoms with van der Waals surface area (Å²) in [6.07, 6.45) is 4.88. The molecular formula is C19H30N4O5S. The number of nitrogens with zero attached hydrogens (tertiary/aromatic N) is 3. The fraction of sp³-hybridized carbons (Fsp3) is 0.684. The summed E-state index contributed by atoms with van der Waals surface area (Å²) in [7, 11) is -3.79. The monoisotopic (exact) mass is 426 g/mol. The van der Waals surface area contributed by atoms with Gasteiger partial charge in [0, 0.05) is 38.8 Å². The van der Waals surface area contributed by atoms with Crippen LogP contribution in [-0.4, -0.2) is 70.7 Å². The lowest BCUT2D eigenvalue weighted by atomic mass is 10.2. The molecule has 162 valence electrons. The van der Waals surface area contributed by atoms with Crippen molar-refractivity contribution in [2.24, 2.45) is 0 Å². The molecule has 0 aromatic heterocycles. The molecule has 0 bridgehead atoms. The lowest BCUT2D eigenvalue weighted by Gasteiger charge is -2.26. The SMILES string of the molecule is O=[N+]([O-])c1cc(S(=O)(=O)NCCCN2CCOCC2)ccc1N1CCCCCC1. The van der Waals surface area contributed by atoms with E-state index in [1.54, 1.807) is 6.07 Å². The van der Waals surface area contributed by atoms with E-state index < -0.39 is 14.9 Å². The van der Waals surface area contributed by atoms with Gasteiger partial charge in [0.1, 0.15) is 5.69 Å². The maximum Gasteiger partial charge on any atom is 0.293 e.